The van der Waals surface area contributed by atoms with E-state index in [-0.39, 0.29) is 23.8 Å². The van der Waals surface area contributed by atoms with Crippen molar-refractivity contribution in [1.29, 1.82) is 5.26 Å². The standard InChI is InChI=1S/C22H27N3O2/c1-21(17-7-8-17)13-19(26)25(16-21)14-20(27)24-11-9-22(15-23,10-12-24)18-5-3-2-4-6-18/h2-6,17H,7-14,16H2,1H3. The van der Waals surface area contributed by atoms with Crippen LogP contribution in [0.2, 0.25) is 0 Å². The molecule has 2 amide bonds. The van der Waals surface area contributed by atoms with E-state index in [1.54, 1.807) is 4.90 Å². The van der Waals surface area contributed by atoms with Gasteiger partial charge in [-0.3, -0.25) is 9.59 Å². The number of hydrogen-bond donors (Lipinski definition) is 0. The lowest BCUT2D eigenvalue weighted by molar-refractivity contribution is -0.139. The van der Waals surface area contributed by atoms with Crippen molar-refractivity contribution in [2.45, 2.75) is 44.4 Å². The molecule has 1 aliphatic carbocycles. The number of nitrogens with zero attached hydrogens (tertiary/aromatic N) is 3. The lowest BCUT2D eigenvalue weighted by Crippen LogP contribution is -2.48. The van der Waals surface area contributed by atoms with E-state index in [0.717, 1.165) is 5.56 Å². The Labute approximate surface area is 160 Å². The van der Waals surface area contributed by atoms with Gasteiger partial charge in [-0.2, -0.15) is 5.26 Å². The van der Waals surface area contributed by atoms with Crippen molar-refractivity contribution in [2.75, 3.05) is 26.2 Å². The summed E-state index contributed by atoms with van der Waals surface area (Å²) in [5.74, 6) is 0.784. The molecule has 5 nitrogen and oxygen atoms in total. The molecular formula is C22H27N3O2. The molecule has 2 aliphatic heterocycles. The molecule has 1 atom stereocenters. The van der Waals surface area contributed by atoms with Crippen LogP contribution in [0.25, 0.3) is 0 Å². The van der Waals surface area contributed by atoms with Gasteiger partial charge >= 0.3 is 0 Å². The third kappa shape index (κ3) is 3.34. The Morgan fingerprint density at radius 3 is 2.48 bits per heavy atom. The zero-order valence-electron chi connectivity index (χ0n) is 16.0. The highest BCUT2D eigenvalue weighted by atomic mass is 16.2. The van der Waals surface area contributed by atoms with Gasteiger partial charge in [0.2, 0.25) is 11.8 Å². The molecule has 2 saturated heterocycles. The molecule has 142 valence electrons. The van der Waals surface area contributed by atoms with Crippen molar-refractivity contribution < 1.29 is 9.59 Å². The van der Waals surface area contributed by atoms with Crippen LogP contribution in [-0.4, -0.2) is 47.8 Å². The summed E-state index contributed by atoms with van der Waals surface area (Å²) in [7, 11) is 0. The fraction of sp³-hybridized carbons (Fsp3) is 0.591. The normalized spacial score (nSPS) is 27.5. The van der Waals surface area contributed by atoms with Crippen molar-refractivity contribution in [3.8, 4) is 6.07 Å². The van der Waals surface area contributed by atoms with Gasteiger partial charge in [0.05, 0.1) is 18.0 Å². The first-order valence-electron chi connectivity index (χ1n) is 9.98. The zero-order chi connectivity index (χ0) is 19.1. The van der Waals surface area contributed by atoms with Crippen LogP contribution in [-0.2, 0) is 15.0 Å². The van der Waals surface area contributed by atoms with Crippen molar-refractivity contribution in [1.82, 2.24) is 9.80 Å². The maximum atomic E-state index is 12.8. The average molecular weight is 365 g/mol. The first-order chi connectivity index (χ1) is 13.0. The topological polar surface area (TPSA) is 64.4 Å². The summed E-state index contributed by atoms with van der Waals surface area (Å²) in [6, 6.07) is 12.4. The summed E-state index contributed by atoms with van der Waals surface area (Å²) in [6.45, 7) is 4.23. The summed E-state index contributed by atoms with van der Waals surface area (Å²) >= 11 is 0. The first kappa shape index (κ1) is 18.0. The Kier molecular flexibility index (Phi) is 4.46. The van der Waals surface area contributed by atoms with E-state index in [1.807, 2.05) is 35.2 Å². The number of likely N-dealkylation sites (tertiary alicyclic amines) is 2. The smallest absolute Gasteiger partial charge is 0.242 e. The second kappa shape index (κ2) is 6.67. The Morgan fingerprint density at radius 1 is 1.22 bits per heavy atom. The van der Waals surface area contributed by atoms with Gasteiger partial charge in [0.15, 0.2) is 0 Å². The monoisotopic (exact) mass is 365 g/mol. The number of rotatable bonds is 4. The number of amides is 2. The minimum atomic E-state index is -0.508. The molecule has 0 spiro atoms. The molecule has 1 aromatic carbocycles. The van der Waals surface area contributed by atoms with Crippen LogP contribution in [0.1, 0.15) is 44.6 Å². The van der Waals surface area contributed by atoms with Crippen molar-refractivity contribution in [2.24, 2.45) is 11.3 Å². The summed E-state index contributed by atoms with van der Waals surface area (Å²) in [4.78, 5) is 28.8. The molecule has 0 N–H and O–H groups in total. The van der Waals surface area contributed by atoms with Gasteiger partial charge in [0.25, 0.3) is 0 Å². The summed E-state index contributed by atoms with van der Waals surface area (Å²) in [6.07, 6.45) is 4.30. The van der Waals surface area contributed by atoms with E-state index in [4.69, 9.17) is 0 Å². The number of carbonyl (C=O) groups is 2. The second-order valence-electron chi connectivity index (χ2n) is 8.80. The molecule has 0 aromatic heterocycles. The highest BCUT2D eigenvalue weighted by Crippen LogP contribution is 2.50. The summed E-state index contributed by atoms with van der Waals surface area (Å²) in [5, 5.41) is 9.79. The zero-order valence-corrected chi connectivity index (χ0v) is 16.0. The van der Waals surface area contributed by atoms with Gasteiger partial charge < -0.3 is 9.80 Å². The van der Waals surface area contributed by atoms with Gasteiger partial charge in [0.1, 0.15) is 0 Å². The molecule has 5 heteroatoms. The first-order valence-corrected chi connectivity index (χ1v) is 9.98. The van der Waals surface area contributed by atoms with Crippen LogP contribution in [0.4, 0.5) is 0 Å². The highest BCUT2D eigenvalue weighted by Gasteiger charge is 2.49. The Balaban J connectivity index is 1.36. The molecule has 3 fully saturated rings. The van der Waals surface area contributed by atoms with Crippen LogP contribution in [0, 0.1) is 22.7 Å². The van der Waals surface area contributed by atoms with E-state index in [0.29, 0.717) is 44.8 Å². The molecular weight excluding hydrogens is 338 g/mol. The Morgan fingerprint density at radius 2 is 1.89 bits per heavy atom. The van der Waals surface area contributed by atoms with E-state index < -0.39 is 5.41 Å². The van der Waals surface area contributed by atoms with Crippen LogP contribution >= 0.6 is 0 Å². The molecule has 1 saturated carbocycles. The SMILES string of the molecule is CC1(C2CC2)CC(=O)N(CC(=O)N2CCC(C#N)(c3ccccc3)CC2)C1. The summed E-state index contributed by atoms with van der Waals surface area (Å²) < 4.78 is 0. The van der Waals surface area contributed by atoms with E-state index >= 15 is 0 Å². The summed E-state index contributed by atoms with van der Waals surface area (Å²) in [5.41, 5.74) is 0.587. The quantitative estimate of drug-likeness (QED) is 0.824. The largest absolute Gasteiger partial charge is 0.341 e. The Hall–Kier alpha value is -2.35. The predicted molar refractivity (Wildman–Crippen MR) is 102 cm³/mol. The van der Waals surface area contributed by atoms with E-state index in [1.165, 1.54) is 12.8 Å². The average Bonchev–Trinajstić information content (AvgIpc) is 3.50. The minimum absolute atomic E-state index is 0.0167. The van der Waals surface area contributed by atoms with Crippen LogP contribution < -0.4 is 0 Å². The number of carbonyl (C=O) groups excluding carboxylic acids is 2. The molecule has 0 radical (unpaired) electrons. The van der Waals surface area contributed by atoms with Gasteiger partial charge in [-0.15, -0.1) is 0 Å². The molecule has 3 aliphatic rings. The van der Waals surface area contributed by atoms with Gasteiger partial charge in [-0.25, -0.2) is 0 Å². The van der Waals surface area contributed by atoms with Gasteiger partial charge in [-0.1, -0.05) is 37.3 Å². The molecule has 27 heavy (non-hydrogen) atoms. The Bertz CT molecular complexity index is 772. The van der Waals surface area contributed by atoms with Crippen LogP contribution in [0.3, 0.4) is 0 Å². The van der Waals surface area contributed by atoms with Crippen LogP contribution in [0.5, 0.6) is 0 Å². The molecule has 2 heterocycles. The fourth-order valence-corrected chi connectivity index (χ4v) is 4.86. The number of hydrogen-bond acceptors (Lipinski definition) is 3. The van der Waals surface area contributed by atoms with Gasteiger partial charge in [0, 0.05) is 26.1 Å². The predicted octanol–water partition coefficient (Wildman–Crippen LogP) is 2.72. The van der Waals surface area contributed by atoms with E-state index in [2.05, 4.69) is 13.0 Å². The third-order valence-electron chi connectivity index (χ3n) is 6.86. The maximum Gasteiger partial charge on any atom is 0.242 e. The minimum Gasteiger partial charge on any atom is -0.341 e. The third-order valence-corrected chi connectivity index (χ3v) is 6.86. The number of benzene rings is 1. The maximum absolute atomic E-state index is 12.8. The number of piperidine rings is 1. The highest BCUT2D eigenvalue weighted by molar-refractivity contribution is 5.86. The lowest BCUT2D eigenvalue weighted by Gasteiger charge is -2.38. The van der Waals surface area contributed by atoms with Crippen molar-refractivity contribution in [3.63, 3.8) is 0 Å². The second-order valence-corrected chi connectivity index (χ2v) is 8.80. The molecule has 1 unspecified atom stereocenters. The van der Waals surface area contributed by atoms with E-state index in [9.17, 15) is 14.9 Å². The number of nitriles is 1. The van der Waals surface area contributed by atoms with Crippen molar-refractivity contribution in [3.05, 3.63) is 35.9 Å². The molecule has 4 rings (SSSR count). The molecule has 0 bridgehead atoms. The van der Waals surface area contributed by atoms with Crippen LogP contribution in [0.15, 0.2) is 30.3 Å². The lowest BCUT2D eigenvalue weighted by atomic mass is 9.74. The molecule has 1 aromatic rings. The van der Waals surface area contributed by atoms with Crippen molar-refractivity contribution >= 4 is 11.8 Å². The fourth-order valence-electron chi connectivity index (χ4n) is 4.86. The van der Waals surface area contributed by atoms with Gasteiger partial charge in [-0.05, 0) is 42.6 Å².